The van der Waals surface area contributed by atoms with Gasteiger partial charge in [0.2, 0.25) is 0 Å². The maximum atomic E-state index is 9.25. The zero-order chi connectivity index (χ0) is 13.8. The lowest BCUT2D eigenvalue weighted by Crippen LogP contribution is -2.00. The fraction of sp³-hybridized carbons (Fsp3) is 0.0625. The molecule has 96 valence electrons. The van der Waals surface area contributed by atoms with Crippen LogP contribution >= 0.6 is 0 Å². The van der Waals surface area contributed by atoms with Crippen molar-refractivity contribution >= 4 is 0 Å². The van der Waals surface area contributed by atoms with E-state index in [1.165, 1.54) is 6.33 Å². The quantitative estimate of drug-likeness (QED) is 0.727. The maximum absolute atomic E-state index is 9.25. The Balaban J connectivity index is 2.02. The first-order valence-corrected chi connectivity index (χ1v) is 6.27. The van der Waals surface area contributed by atoms with E-state index >= 15 is 0 Å². The summed E-state index contributed by atoms with van der Waals surface area (Å²) in [7, 11) is 0. The molecule has 3 rings (SSSR count). The summed E-state index contributed by atoms with van der Waals surface area (Å²) in [4.78, 5) is 3.93. The molecule has 0 saturated carbocycles. The Labute approximate surface area is 116 Å². The molecule has 4 nitrogen and oxygen atoms in total. The molecule has 1 aromatic heterocycles. The average molecular weight is 260 g/mol. The van der Waals surface area contributed by atoms with Crippen molar-refractivity contribution in [3.8, 4) is 17.2 Å². The third kappa shape index (κ3) is 2.43. The Bertz CT molecular complexity index is 740. The molecule has 3 aromatic rings. The molecule has 2 aromatic carbocycles. The molecule has 0 N–H and O–H groups in total. The molecule has 0 aliphatic heterocycles. The summed E-state index contributed by atoms with van der Waals surface area (Å²) >= 11 is 0. The lowest BCUT2D eigenvalue weighted by molar-refractivity contribution is 0.685. The van der Waals surface area contributed by atoms with Gasteiger partial charge in [-0.15, -0.1) is 0 Å². The van der Waals surface area contributed by atoms with Gasteiger partial charge in [-0.3, -0.25) is 0 Å². The van der Waals surface area contributed by atoms with Crippen LogP contribution in [-0.4, -0.2) is 14.8 Å². The van der Waals surface area contributed by atoms with Crippen LogP contribution in [0.25, 0.3) is 11.1 Å². The molecule has 20 heavy (non-hydrogen) atoms. The van der Waals surface area contributed by atoms with E-state index in [0.29, 0.717) is 12.1 Å². The first-order chi connectivity index (χ1) is 9.86. The Morgan fingerprint density at radius 2 is 1.95 bits per heavy atom. The van der Waals surface area contributed by atoms with Gasteiger partial charge in [0, 0.05) is 0 Å². The van der Waals surface area contributed by atoms with Gasteiger partial charge in [-0.25, -0.2) is 9.67 Å². The zero-order valence-corrected chi connectivity index (χ0v) is 10.8. The maximum Gasteiger partial charge on any atom is 0.137 e. The molecule has 0 aliphatic carbocycles. The second-order valence-electron chi connectivity index (χ2n) is 4.45. The van der Waals surface area contributed by atoms with Crippen molar-refractivity contribution in [1.82, 2.24) is 14.8 Å². The summed E-state index contributed by atoms with van der Waals surface area (Å²) in [5.41, 5.74) is 3.77. The second-order valence-corrected chi connectivity index (χ2v) is 4.45. The summed E-state index contributed by atoms with van der Waals surface area (Å²) in [6.45, 7) is 0.644. The number of rotatable bonds is 3. The van der Waals surface area contributed by atoms with Gasteiger partial charge in [0.1, 0.15) is 12.7 Å². The normalized spacial score (nSPS) is 10.2. The molecule has 0 spiro atoms. The lowest BCUT2D eigenvalue weighted by Gasteiger charge is -2.08. The monoisotopic (exact) mass is 260 g/mol. The topological polar surface area (TPSA) is 54.5 Å². The van der Waals surface area contributed by atoms with Crippen molar-refractivity contribution in [3.63, 3.8) is 0 Å². The molecule has 0 saturated heterocycles. The van der Waals surface area contributed by atoms with E-state index in [0.717, 1.165) is 16.7 Å². The molecule has 0 radical (unpaired) electrons. The molecule has 0 aliphatic rings. The van der Waals surface area contributed by atoms with Gasteiger partial charge in [-0.05, 0) is 28.8 Å². The van der Waals surface area contributed by atoms with E-state index < -0.39 is 0 Å². The smallest absolute Gasteiger partial charge is 0.137 e. The fourth-order valence-corrected chi connectivity index (χ4v) is 2.15. The van der Waals surface area contributed by atoms with E-state index in [-0.39, 0.29) is 0 Å². The van der Waals surface area contributed by atoms with Crippen molar-refractivity contribution in [3.05, 3.63) is 72.3 Å². The van der Waals surface area contributed by atoms with E-state index in [1.54, 1.807) is 11.0 Å². The van der Waals surface area contributed by atoms with Crippen molar-refractivity contribution in [2.45, 2.75) is 6.54 Å². The van der Waals surface area contributed by atoms with Gasteiger partial charge in [0.25, 0.3) is 0 Å². The highest BCUT2D eigenvalue weighted by Crippen LogP contribution is 2.24. The van der Waals surface area contributed by atoms with Crippen LogP contribution in [0.3, 0.4) is 0 Å². The number of aromatic nitrogens is 3. The summed E-state index contributed by atoms with van der Waals surface area (Å²) < 4.78 is 1.76. The van der Waals surface area contributed by atoms with Crippen molar-refractivity contribution in [2.24, 2.45) is 0 Å². The van der Waals surface area contributed by atoms with Gasteiger partial charge < -0.3 is 0 Å². The molecular formula is C16H12N4. The van der Waals surface area contributed by atoms with Crippen LogP contribution in [0.1, 0.15) is 11.1 Å². The minimum atomic E-state index is 0.644. The van der Waals surface area contributed by atoms with E-state index in [9.17, 15) is 5.26 Å². The molecule has 4 heteroatoms. The molecule has 0 unspecified atom stereocenters. The van der Waals surface area contributed by atoms with E-state index in [1.807, 2.05) is 48.5 Å². The highest BCUT2D eigenvalue weighted by Gasteiger charge is 2.06. The fourth-order valence-electron chi connectivity index (χ4n) is 2.15. The van der Waals surface area contributed by atoms with Crippen LogP contribution in [0, 0.1) is 11.3 Å². The lowest BCUT2D eigenvalue weighted by atomic mass is 9.98. The molecule has 0 fully saturated rings. The highest BCUT2D eigenvalue weighted by molar-refractivity contribution is 5.71. The first kappa shape index (κ1) is 12.1. The van der Waals surface area contributed by atoms with Gasteiger partial charge >= 0.3 is 0 Å². The van der Waals surface area contributed by atoms with E-state index in [4.69, 9.17) is 0 Å². The van der Waals surface area contributed by atoms with Crippen LogP contribution in [0.5, 0.6) is 0 Å². The van der Waals surface area contributed by atoms with Gasteiger partial charge in [0.15, 0.2) is 0 Å². The first-order valence-electron chi connectivity index (χ1n) is 6.27. The summed E-state index contributed by atoms with van der Waals surface area (Å²) in [6.07, 6.45) is 3.20. The number of nitrogens with zero attached hydrogens (tertiary/aromatic N) is 4. The number of benzene rings is 2. The van der Waals surface area contributed by atoms with Crippen LogP contribution in [0.4, 0.5) is 0 Å². The Morgan fingerprint density at radius 3 is 2.65 bits per heavy atom. The van der Waals surface area contributed by atoms with Gasteiger partial charge in [-0.1, -0.05) is 36.4 Å². The molecule has 0 atom stereocenters. The van der Waals surface area contributed by atoms with Crippen LogP contribution in [-0.2, 0) is 6.54 Å². The average Bonchev–Trinajstić information content (AvgIpc) is 3.01. The van der Waals surface area contributed by atoms with Gasteiger partial charge in [-0.2, -0.15) is 10.4 Å². The minimum Gasteiger partial charge on any atom is -0.249 e. The summed E-state index contributed by atoms with van der Waals surface area (Å²) in [6, 6.07) is 18.0. The molecule has 1 heterocycles. The SMILES string of the molecule is N#Cc1ccc(Cn2cncn2)cc1-c1ccccc1. The minimum absolute atomic E-state index is 0.644. The standard InChI is InChI=1S/C16H12N4/c17-9-15-7-6-13(10-20-12-18-11-19-20)8-16(15)14-4-2-1-3-5-14/h1-8,11-12H,10H2. The number of hydrogen-bond acceptors (Lipinski definition) is 3. The zero-order valence-electron chi connectivity index (χ0n) is 10.8. The predicted octanol–water partition coefficient (Wildman–Crippen LogP) is 2.87. The van der Waals surface area contributed by atoms with Crippen molar-refractivity contribution in [2.75, 3.05) is 0 Å². The third-order valence-corrected chi connectivity index (χ3v) is 3.10. The molecule has 0 amide bonds. The van der Waals surface area contributed by atoms with Crippen LogP contribution in [0.2, 0.25) is 0 Å². The largest absolute Gasteiger partial charge is 0.249 e. The van der Waals surface area contributed by atoms with Crippen LogP contribution < -0.4 is 0 Å². The predicted molar refractivity (Wildman–Crippen MR) is 75.7 cm³/mol. The van der Waals surface area contributed by atoms with Gasteiger partial charge in [0.05, 0.1) is 18.2 Å². The Hall–Kier alpha value is -2.93. The molecule has 0 bridgehead atoms. The van der Waals surface area contributed by atoms with Crippen LogP contribution in [0.15, 0.2) is 61.2 Å². The summed E-state index contributed by atoms with van der Waals surface area (Å²) in [5, 5.41) is 13.3. The summed E-state index contributed by atoms with van der Waals surface area (Å²) in [5.74, 6) is 0. The number of hydrogen-bond donors (Lipinski definition) is 0. The molecular weight excluding hydrogens is 248 g/mol. The number of nitriles is 1. The van der Waals surface area contributed by atoms with Crippen molar-refractivity contribution in [1.29, 1.82) is 5.26 Å². The second kappa shape index (κ2) is 5.37. The Morgan fingerprint density at radius 1 is 1.10 bits per heavy atom. The third-order valence-electron chi connectivity index (χ3n) is 3.10. The Kier molecular flexibility index (Phi) is 3.25. The van der Waals surface area contributed by atoms with E-state index in [2.05, 4.69) is 16.2 Å². The van der Waals surface area contributed by atoms with Crippen molar-refractivity contribution < 1.29 is 0 Å². The highest BCUT2D eigenvalue weighted by atomic mass is 15.3.